The fourth-order valence-electron chi connectivity index (χ4n) is 4.86. The zero-order valence-electron chi connectivity index (χ0n) is 39.0. The second-order valence-electron chi connectivity index (χ2n) is 17.8. The lowest BCUT2D eigenvalue weighted by molar-refractivity contribution is -0.159. The number of ether oxygens (including phenoxy) is 2. The molecule has 0 spiro atoms. The number of pyridine rings is 3. The summed E-state index contributed by atoms with van der Waals surface area (Å²) in [5.41, 5.74) is -2.39. The van der Waals surface area contributed by atoms with Gasteiger partial charge in [0.1, 0.15) is 6.61 Å². The largest absolute Gasteiger partial charge is 0.496 e. The summed E-state index contributed by atoms with van der Waals surface area (Å²) >= 11 is 5.83. The van der Waals surface area contributed by atoms with Crippen LogP contribution in [0.2, 0.25) is 0 Å². The number of rotatable bonds is 6. The highest BCUT2D eigenvalue weighted by atomic mass is 79.9. The predicted octanol–water partition coefficient (Wildman–Crippen LogP) is 10.3. The first-order valence-corrected chi connectivity index (χ1v) is 21.6. The Morgan fingerprint density at radius 2 is 0.797 bits per heavy atom. The molecular weight excluding hydrogens is 1090 g/mol. The Balaban J connectivity index is 0.000000314. The molecular formula is C39H49B3Br2F13N3O9. The molecule has 3 aliphatic heterocycles. The van der Waals surface area contributed by atoms with E-state index >= 15 is 0 Å². The van der Waals surface area contributed by atoms with Crippen LogP contribution in [0.5, 0.6) is 11.8 Å². The fraction of sp³-hybridized carbons (Fsp3) is 0.615. The average Bonchev–Trinajstić information content (AvgIpc) is 3.64. The summed E-state index contributed by atoms with van der Waals surface area (Å²) in [6.07, 6.45) is -9.94. The quantitative estimate of drug-likeness (QED) is 0.143. The predicted molar refractivity (Wildman–Crippen MR) is 232 cm³/mol. The molecule has 0 aromatic carbocycles. The van der Waals surface area contributed by atoms with Crippen LogP contribution in [0, 0.1) is 23.4 Å². The maximum Gasteiger partial charge on any atom is 0.496 e. The van der Waals surface area contributed by atoms with E-state index in [0.717, 1.165) is 24.4 Å². The first-order chi connectivity index (χ1) is 30.9. The van der Waals surface area contributed by atoms with Gasteiger partial charge in [0.05, 0.1) is 33.6 Å². The van der Waals surface area contributed by atoms with E-state index in [1.54, 1.807) is 0 Å². The molecule has 12 nitrogen and oxygen atoms in total. The maximum atomic E-state index is 13.8. The Hall–Kier alpha value is -2.99. The van der Waals surface area contributed by atoms with Crippen molar-refractivity contribution in [2.45, 2.75) is 135 Å². The Labute approximate surface area is 407 Å². The van der Waals surface area contributed by atoms with E-state index in [1.807, 2.05) is 83.1 Å². The molecule has 0 radical (unpaired) electrons. The van der Waals surface area contributed by atoms with Crippen molar-refractivity contribution in [1.82, 2.24) is 15.0 Å². The Bertz CT molecular complexity index is 2080. The van der Waals surface area contributed by atoms with Gasteiger partial charge in [-0.25, -0.2) is 28.1 Å². The number of hydrogen-bond donors (Lipinski definition) is 1. The van der Waals surface area contributed by atoms with E-state index in [0.29, 0.717) is 8.95 Å². The highest BCUT2D eigenvalue weighted by Crippen LogP contribution is 2.43. The molecule has 3 saturated heterocycles. The van der Waals surface area contributed by atoms with Crippen molar-refractivity contribution >= 4 is 58.5 Å². The molecule has 30 heteroatoms. The molecule has 0 unspecified atom stereocenters. The van der Waals surface area contributed by atoms with Crippen molar-refractivity contribution in [1.29, 1.82) is 0 Å². The van der Waals surface area contributed by atoms with Crippen LogP contribution in [0.1, 0.15) is 83.1 Å². The number of alkyl halides is 9. The highest BCUT2D eigenvalue weighted by molar-refractivity contribution is 9.10. The van der Waals surface area contributed by atoms with E-state index < -0.39 is 106 Å². The number of aromatic nitrogens is 3. The van der Waals surface area contributed by atoms with Gasteiger partial charge in [-0.15, -0.1) is 0 Å². The second-order valence-corrected chi connectivity index (χ2v) is 19.7. The molecule has 3 aromatic rings. The number of nitrogens with zero attached hydrogens (tertiary/aromatic N) is 3. The van der Waals surface area contributed by atoms with Gasteiger partial charge >= 0.3 is 39.7 Å². The van der Waals surface area contributed by atoms with Gasteiger partial charge in [-0.2, -0.15) is 43.9 Å². The number of halogens is 15. The third kappa shape index (κ3) is 19.2. The minimum Gasteiger partial charge on any atom is -0.466 e. The molecule has 3 aliphatic rings. The molecule has 0 saturated carbocycles. The van der Waals surface area contributed by atoms with Gasteiger partial charge in [-0.05, 0) is 133 Å². The molecule has 6 heterocycles. The maximum absolute atomic E-state index is 13.8. The molecule has 3 aromatic heterocycles. The summed E-state index contributed by atoms with van der Waals surface area (Å²) in [4.78, 5) is 9.99. The van der Waals surface area contributed by atoms with Crippen molar-refractivity contribution in [2.75, 3.05) is 19.8 Å². The van der Waals surface area contributed by atoms with Gasteiger partial charge < -0.3 is 42.5 Å². The van der Waals surface area contributed by atoms with Crippen LogP contribution in [0.3, 0.4) is 0 Å². The van der Waals surface area contributed by atoms with Crippen molar-refractivity contribution < 1.29 is 99.6 Å². The lowest BCUT2D eigenvalue weighted by Gasteiger charge is -2.32. The first-order valence-electron chi connectivity index (χ1n) is 20.0. The summed E-state index contributed by atoms with van der Waals surface area (Å²) in [7, 11) is -1.80. The van der Waals surface area contributed by atoms with Crippen molar-refractivity contribution in [3.05, 3.63) is 69.1 Å². The van der Waals surface area contributed by atoms with Gasteiger partial charge in [0.2, 0.25) is 5.95 Å². The molecule has 0 aliphatic carbocycles. The first kappa shape index (κ1) is 62.1. The van der Waals surface area contributed by atoms with E-state index in [2.05, 4.69) is 56.3 Å². The molecule has 6 rings (SSSR count). The normalized spacial score (nSPS) is 19.4. The highest BCUT2D eigenvalue weighted by Gasteiger charge is 2.63. The van der Waals surface area contributed by atoms with Gasteiger partial charge in [-0.3, -0.25) is 0 Å². The molecule has 388 valence electrons. The van der Waals surface area contributed by atoms with E-state index in [4.69, 9.17) is 33.0 Å². The monoisotopic (exact) mass is 1140 g/mol. The summed E-state index contributed by atoms with van der Waals surface area (Å²) in [5, 5.41) is 7.28. The number of aliphatic hydroxyl groups is 1. The lowest BCUT2D eigenvalue weighted by Crippen LogP contribution is -2.41. The van der Waals surface area contributed by atoms with Crippen LogP contribution >= 0.6 is 31.9 Å². The standard InChI is InChI=1S/C13H16BF4NO3.C12H24B2O4.C7H4BrF4NO.C5H2BrF2N.C2H3F3O/c1-11(2)12(3,4)22-14(21-11)8-5-9(15)10(19-6-8)20-7-13(16,17)18;1-9(2)10(3,4)16-13(15-9)14-17-11(5,6)12(7,8)18-14;8-4-1-5(9)6(13-2-4)14-3-7(10,11)12;6-3-1-4(7)5(8)9-2-3;3-2(4,5)1-6/h5-6H,7H2,1-4H3;1-8H3;1-2H,3H2;1-2H;6H,1H2. The second kappa shape index (κ2) is 23.3. The van der Waals surface area contributed by atoms with Crippen LogP contribution < -0.4 is 14.9 Å². The summed E-state index contributed by atoms with van der Waals surface area (Å²) in [6.45, 7) is 18.6. The third-order valence-corrected chi connectivity index (χ3v) is 11.4. The fourth-order valence-corrected chi connectivity index (χ4v) is 5.47. The number of hydrogen-bond acceptors (Lipinski definition) is 12. The topological polar surface area (TPSA) is 133 Å². The minimum atomic E-state index is -4.56. The minimum absolute atomic E-state index is 0.274. The van der Waals surface area contributed by atoms with Gasteiger partial charge in [0, 0.05) is 33.0 Å². The van der Waals surface area contributed by atoms with Gasteiger partial charge in [-0.1, -0.05) is 0 Å². The van der Waals surface area contributed by atoms with Crippen molar-refractivity contribution in [2.24, 2.45) is 0 Å². The zero-order valence-corrected chi connectivity index (χ0v) is 42.2. The van der Waals surface area contributed by atoms with Crippen LogP contribution in [0.25, 0.3) is 0 Å². The van der Waals surface area contributed by atoms with E-state index in [-0.39, 0.29) is 27.9 Å². The molecule has 0 atom stereocenters. The molecule has 69 heavy (non-hydrogen) atoms. The van der Waals surface area contributed by atoms with Crippen LogP contribution in [-0.4, -0.2) is 113 Å². The average molecular weight is 1140 g/mol. The van der Waals surface area contributed by atoms with Gasteiger partial charge in [0.15, 0.2) is 30.7 Å². The van der Waals surface area contributed by atoms with Crippen LogP contribution in [0.4, 0.5) is 57.1 Å². The Morgan fingerprint density at radius 3 is 1.09 bits per heavy atom. The SMILES string of the molecule is CC1(C)OB(B2OC(C)(C)C(C)(C)O2)OC1(C)C.CC1(C)OB(c2cnc(OCC(F)(F)F)c(F)c2)OC1(C)C.Fc1cc(Br)cnc1F.Fc1cc(Br)cnc1OCC(F)(F)F.OCC(F)(F)F. The van der Waals surface area contributed by atoms with Crippen LogP contribution in [-0.2, 0) is 27.9 Å². The third-order valence-electron chi connectivity index (χ3n) is 10.6. The smallest absolute Gasteiger partial charge is 0.466 e. The van der Waals surface area contributed by atoms with E-state index in [1.165, 1.54) is 12.4 Å². The van der Waals surface area contributed by atoms with Crippen LogP contribution in [0.15, 0.2) is 45.7 Å². The summed E-state index contributed by atoms with van der Waals surface area (Å²) in [5.74, 6) is -5.33. The van der Waals surface area contributed by atoms with E-state index in [9.17, 15) is 57.1 Å². The number of aliphatic hydroxyl groups excluding tert-OH is 1. The molecule has 1 N–H and O–H groups in total. The van der Waals surface area contributed by atoms with Crippen molar-refractivity contribution in [3.8, 4) is 11.8 Å². The van der Waals surface area contributed by atoms with Gasteiger partial charge in [0.25, 0.3) is 11.8 Å². The van der Waals surface area contributed by atoms with Crippen molar-refractivity contribution in [3.63, 3.8) is 0 Å². The lowest BCUT2D eigenvalue weighted by atomic mass is 9.49. The molecule has 0 bridgehead atoms. The molecule has 0 amide bonds. The summed E-state index contributed by atoms with van der Waals surface area (Å²) in [6, 6.07) is 2.99. The summed E-state index contributed by atoms with van der Waals surface area (Å²) < 4.78 is 198. The Morgan fingerprint density at radius 1 is 0.493 bits per heavy atom. The molecule has 3 fully saturated rings. The Kier molecular flexibility index (Phi) is 20.9. The zero-order chi connectivity index (χ0) is 53.6.